The molecule has 0 aliphatic carbocycles. The van der Waals surface area contributed by atoms with E-state index in [9.17, 15) is 23.9 Å². The number of halogens is 5. The number of hydrogen-bond acceptors (Lipinski definition) is 8. The minimum absolute atomic E-state index is 0.0217. The van der Waals surface area contributed by atoms with Crippen molar-refractivity contribution in [1.82, 2.24) is 19.8 Å². The highest BCUT2D eigenvalue weighted by molar-refractivity contribution is 6.34. The molecule has 1 amide bonds. The number of nitrogen functional groups attached to an aromatic ring is 1. The Morgan fingerprint density at radius 2 is 1.83 bits per heavy atom. The Hall–Kier alpha value is -4.31. The highest BCUT2D eigenvalue weighted by atomic mass is 35.5. The summed E-state index contributed by atoms with van der Waals surface area (Å²) in [6.45, 7) is 13.4. The van der Waals surface area contributed by atoms with Crippen molar-refractivity contribution in [2.24, 2.45) is 0 Å². The molecule has 0 radical (unpaired) electrons. The summed E-state index contributed by atoms with van der Waals surface area (Å²) in [5, 5.41) is 21.2. The van der Waals surface area contributed by atoms with Crippen LogP contribution in [0.5, 0.6) is 0 Å². The highest BCUT2D eigenvalue weighted by Gasteiger charge is 2.42. The number of rotatable bonds is 5. The zero-order valence-electron chi connectivity index (χ0n) is 26.2. The third-order valence-electron chi connectivity index (χ3n) is 8.46. The molecule has 2 aliphatic rings. The van der Waals surface area contributed by atoms with Gasteiger partial charge in [-0.1, -0.05) is 43.6 Å². The fraction of sp³-hybridized carbons (Fsp3) is 0.333. The van der Waals surface area contributed by atoms with Crippen LogP contribution in [0.1, 0.15) is 50.4 Å². The van der Waals surface area contributed by atoms with Crippen LogP contribution in [0.25, 0.3) is 17.0 Å². The number of aliphatic hydroxyl groups excluding tert-OH is 1. The SMILES string of the molecule is C=CC(=O)N1[C@H](C)CN(C2=C(C#N)C(O)N(c3c(C)ccnc3C(C)C)c3nc(-c4c(N)c(F)c(F)c(Cl)c4F)c(Cl)cc32)C[C@@H]1C. The van der Waals surface area contributed by atoms with E-state index in [2.05, 4.69) is 22.6 Å². The number of pyridine rings is 2. The van der Waals surface area contributed by atoms with Crippen LogP contribution in [0.15, 0.2) is 36.6 Å². The van der Waals surface area contributed by atoms with Crippen LogP contribution in [0.4, 0.5) is 30.4 Å². The number of carbonyl (C=O) groups excluding carboxylic acids is 1. The molecule has 0 saturated carbocycles. The third kappa shape index (κ3) is 5.46. The Morgan fingerprint density at radius 1 is 1.19 bits per heavy atom. The van der Waals surface area contributed by atoms with Gasteiger partial charge in [0.15, 0.2) is 23.7 Å². The van der Waals surface area contributed by atoms with Gasteiger partial charge < -0.3 is 20.6 Å². The first kappa shape index (κ1) is 34.0. The van der Waals surface area contributed by atoms with Gasteiger partial charge in [0, 0.05) is 36.9 Å². The maximum Gasteiger partial charge on any atom is 0.246 e. The summed E-state index contributed by atoms with van der Waals surface area (Å²) in [6, 6.07) is 4.64. The summed E-state index contributed by atoms with van der Waals surface area (Å²) in [7, 11) is 0. The van der Waals surface area contributed by atoms with Crippen LogP contribution in [0.2, 0.25) is 10.0 Å². The molecule has 2 aromatic heterocycles. The molecule has 246 valence electrons. The van der Waals surface area contributed by atoms with Crippen LogP contribution in [0.3, 0.4) is 0 Å². The number of aromatic nitrogens is 2. The molecule has 14 heteroatoms. The smallest absolute Gasteiger partial charge is 0.246 e. The number of aryl methyl sites for hydroxylation is 1. The minimum Gasteiger partial charge on any atom is -0.396 e. The highest BCUT2D eigenvalue weighted by Crippen LogP contribution is 2.49. The lowest BCUT2D eigenvalue weighted by Gasteiger charge is -2.48. The molecular weight excluding hydrogens is 654 g/mol. The van der Waals surface area contributed by atoms with Crippen molar-refractivity contribution >= 4 is 52.0 Å². The van der Waals surface area contributed by atoms with E-state index in [1.165, 1.54) is 17.0 Å². The monoisotopic (exact) mass is 685 g/mol. The molecule has 3 N–H and O–H groups in total. The molecule has 0 spiro atoms. The number of nitriles is 1. The summed E-state index contributed by atoms with van der Waals surface area (Å²) in [5.74, 6) is -5.00. The average molecular weight is 687 g/mol. The maximum absolute atomic E-state index is 15.5. The van der Waals surface area contributed by atoms with E-state index in [1.54, 1.807) is 24.1 Å². The second-order valence-electron chi connectivity index (χ2n) is 11.9. The van der Waals surface area contributed by atoms with Gasteiger partial charge in [-0.2, -0.15) is 5.26 Å². The number of piperazine rings is 1. The first-order valence-corrected chi connectivity index (χ1v) is 15.5. The molecule has 2 aliphatic heterocycles. The molecule has 4 heterocycles. The van der Waals surface area contributed by atoms with Crippen LogP contribution in [0, 0.1) is 35.7 Å². The summed E-state index contributed by atoms with van der Waals surface area (Å²) in [4.78, 5) is 26.8. The summed E-state index contributed by atoms with van der Waals surface area (Å²) >= 11 is 12.5. The Labute approximate surface area is 280 Å². The zero-order valence-corrected chi connectivity index (χ0v) is 27.8. The molecule has 1 saturated heterocycles. The lowest BCUT2D eigenvalue weighted by atomic mass is 9.93. The first-order chi connectivity index (χ1) is 22.2. The van der Waals surface area contributed by atoms with Crippen LogP contribution in [-0.4, -0.2) is 62.2 Å². The summed E-state index contributed by atoms with van der Waals surface area (Å²) in [6.07, 6.45) is 1.23. The number of benzene rings is 1. The summed E-state index contributed by atoms with van der Waals surface area (Å²) < 4.78 is 44.7. The van der Waals surface area contributed by atoms with E-state index in [-0.39, 0.29) is 64.7 Å². The number of carbonyl (C=O) groups is 1. The van der Waals surface area contributed by atoms with E-state index >= 15 is 4.39 Å². The molecule has 0 bridgehead atoms. The van der Waals surface area contributed by atoms with Gasteiger partial charge in [-0.25, -0.2) is 18.2 Å². The van der Waals surface area contributed by atoms with Crippen LogP contribution in [-0.2, 0) is 4.79 Å². The number of anilines is 3. The maximum atomic E-state index is 15.5. The number of hydrogen-bond donors (Lipinski definition) is 2. The molecule has 47 heavy (non-hydrogen) atoms. The minimum atomic E-state index is -1.66. The van der Waals surface area contributed by atoms with Gasteiger partial charge in [-0.15, -0.1) is 0 Å². The molecule has 9 nitrogen and oxygen atoms in total. The van der Waals surface area contributed by atoms with Crippen molar-refractivity contribution in [2.75, 3.05) is 23.7 Å². The molecule has 5 rings (SSSR count). The van der Waals surface area contributed by atoms with Crippen LogP contribution < -0.4 is 10.6 Å². The molecular formula is C33H32Cl2F3N7O2. The Balaban J connectivity index is 1.84. The number of fused-ring (bicyclic) bond motifs is 1. The van der Waals surface area contributed by atoms with Crippen molar-refractivity contribution < 1.29 is 23.1 Å². The second-order valence-corrected chi connectivity index (χ2v) is 12.7. The topological polar surface area (TPSA) is 123 Å². The van der Waals surface area contributed by atoms with Gasteiger partial charge in [0.1, 0.15) is 22.5 Å². The van der Waals surface area contributed by atoms with E-state index in [4.69, 9.17) is 28.9 Å². The largest absolute Gasteiger partial charge is 0.396 e. The fourth-order valence-corrected chi connectivity index (χ4v) is 6.86. The summed E-state index contributed by atoms with van der Waals surface area (Å²) in [5.41, 5.74) is 6.15. The number of aliphatic hydroxyl groups is 1. The molecule has 1 unspecified atom stereocenters. The number of nitrogens with zero attached hydrogens (tertiary/aromatic N) is 6. The van der Waals surface area contributed by atoms with E-state index in [0.29, 0.717) is 22.6 Å². The Bertz CT molecular complexity index is 1850. The second kappa shape index (κ2) is 12.7. The van der Waals surface area contributed by atoms with Crippen molar-refractivity contribution in [2.45, 2.75) is 58.8 Å². The van der Waals surface area contributed by atoms with E-state index in [0.717, 1.165) is 0 Å². The van der Waals surface area contributed by atoms with Gasteiger partial charge in [0.25, 0.3) is 0 Å². The van der Waals surface area contributed by atoms with Gasteiger partial charge in [0.05, 0.1) is 39.0 Å². The molecule has 3 aromatic rings. The van der Waals surface area contributed by atoms with Crippen molar-refractivity contribution in [3.05, 3.63) is 80.9 Å². The van der Waals surface area contributed by atoms with Gasteiger partial charge >= 0.3 is 0 Å². The van der Waals surface area contributed by atoms with Gasteiger partial charge in [0.2, 0.25) is 5.91 Å². The number of amides is 1. The van der Waals surface area contributed by atoms with Crippen molar-refractivity contribution in [3.63, 3.8) is 0 Å². The third-order valence-corrected chi connectivity index (χ3v) is 9.08. The fourth-order valence-electron chi connectivity index (χ4n) is 6.44. The lowest BCUT2D eigenvalue weighted by Crippen LogP contribution is -2.58. The average Bonchev–Trinajstić information content (AvgIpc) is 3.02. The molecule has 1 aromatic carbocycles. The predicted molar refractivity (Wildman–Crippen MR) is 175 cm³/mol. The Morgan fingerprint density at radius 3 is 2.40 bits per heavy atom. The van der Waals surface area contributed by atoms with Crippen molar-refractivity contribution in [3.8, 4) is 17.3 Å². The quantitative estimate of drug-likeness (QED) is 0.132. The van der Waals surface area contributed by atoms with Crippen molar-refractivity contribution in [1.29, 1.82) is 5.26 Å². The van der Waals surface area contributed by atoms with E-state index in [1.807, 2.05) is 32.6 Å². The molecule has 3 atom stereocenters. The normalized spacial score (nSPS) is 19.6. The predicted octanol–water partition coefficient (Wildman–Crippen LogP) is 6.69. The number of nitrogens with two attached hydrogens (primary N) is 1. The Kier molecular flexibility index (Phi) is 9.21. The van der Waals surface area contributed by atoms with E-state index < -0.39 is 40.0 Å². The lowest BCUT2D eigenvalue weighted by molar-refractivity contribution is -0.132. The first-order valence-electron chi connectivity index (χ1n) is 14.7. The molecule has 1 fully saturated rings. The zero-order chi connectivity index (χ0) is 34.6. The van der Waals surface area contributed by atoms with Gasteiger partial charge in [-0.05, 0) is 50.5 Å². The van der Waals surface area contributed by atoms with Crippen LogP contribution >= 0.6 is 23.2 Å². The standard InChI is InChI=1S/C33H32Cl2F3N7O2/c1-7-21(46)44-16(5)12-43(13-17(44)6)31-18-10-20(34)29(22-24(36)23(35)25(37)26(38)27(22)40)42-32(18)45(33(47)19(31)11-39)30-15(4)8-9-41-28(30)14(2)3/h7-10,14,16-17,33,47H,1,12-13,40H2,2-6H3/t16-,17+,33?. The van der Waals surface area contributed by atoms with Gasteiger partial charge in [-0.3, -0.25) is 14.7 Å².